The Balaban J connectivity index is 2.24. The average molecular weight is 276 g/mol. The van der Waals surface area contributed by atoms with Crippen molar-refractivity contribution in [3.05, 3.63) is 53.1 Å². The normalized spacial score (nSPS) is 10.7. The third kappa shape index (κ3) is 3.73. The summed E-state index contributed by atoms with van der Waals surface area (Å²) >= 11 is 5.83. The van der Waals surface area contributed by atoms with Crippen LogP contribution >= 0.6 is 11.6 Å². The van der Waals surface area contributed by atoms with Gasteiger partial charge in [0.05, 0.1) is 19.9 Å². The monoisotopic (exact) mass is 275 g/mol. The van der Waals surface area contributed by atoms with Crippen molar-refractivity contribution in [2.75, 3.05) is 14.2 Å². The number of methoxy groups -OCH3 is 2. The molecule has 4 heteroatoms. The van der Waals surface area contributed by atoms with Crippen molar-refractivity contribution in [2.24, 2.45) is 4.99 Å². The van der Waals surface area contributed by atoms with Crippen LogP contribution in [0.5, 0.6) is 11.5 Å². The maximum absolute atomic E-state index is 5.83. The van der Waals surface area contributed by atoms with Gasteiger partial charge < -0.3 is 9.47 Å². The Morgan fingerprint density at radius 1 is 0.947 bits per heavy atom. The van der Waals surface area contributed by atoms with Gasteiger partial charge in [0.25, 0.3) is 0 Å². The molecule has 0 radical (unpaired) electrons. The van der Waals surface area contributed by atoms with Crippen LogP contribution < -0.4 is 9.47 Å². The Kier molecular flexibility index (Phi) is 4.42. The number of halogens is 1. The van der Waals surface area contributed by atoms with Crippen LogP contribution in [-0.2, 0) is 0 Å². The van der Waals surface area contributed by atoms with Gasteiger partial charge in [-0.3, -0.25) is 4.99 Å². The minimum Gasteiger partial charge on any atom is -0.497 e. The fraction of sp³-hybridized carbons (Fsp3) is 0.133. The van der Waals surface area contributed by atoms with Gasteiger partial charge in [-0.2, -0.15) is 0 Å². The zero-order chi connectivity index (χ0) is 13.7. The second-order valence-corrected chi connectivity index (χ2v) is 4.32. The Bertz CT molecular complexity index is 557. The van der Waals surface area contributed by atoms with Crippen LogP contribution in [0.25, 0.3) is 0 Å². The van der Waals surface area contributed by atoms with E-state index in [1.807, 2.05) is 36.4 Å². The van der Waals surface area contributed by atoms with Crippen LogP contribution in [0.15, 0.2) is 47.5 Å². The third-order valence-corrected chi connectivity index (χ3v) is 2.82. The highest BCUT2D eigenvalue weighted by Gasteiger charge is 2.00. The van der Waals surface area contributed by atoms with E-state index < -0.39 is 0 Å². The van der Waals surface area contributed by atoms with Gasteiger partial charge in [-0.05, 0) is 17.7 Å². The summed E-state index contributed by atoms with van der Waals surface area (Å²) in [5.74, 6) is 1.42. The van der Waals surface area contributed by atoms with Crippen LogP contribution in [0.3, 0.4) is 0 Å². The molecule has 0 aliphatic carbocycles. The fourth-order valence-electron chi connectivity index (χ4n) is 1.56. The smallest absolute Gasteiger partial charge is 0.124 e. The second kappa shape index (κ2) is 6.25. The van der Waals surface area contributed by atoms with Gasteiger partial charge >= 0.3 is 0 Å². The van der Waals surface area contributed by atoms with Gasteiger partial charge in [0.1, 0.15) is 11.5 Å². The van der Waals surface area contributed by atoms with E-state index in [-0.39, 0.29) is 0 Å². The van der Waals surface area contributed by atoms with Gasteiger partial charge in [-0.1, -0.05) is 23.7 Å². The van der Waals surface area contributed by atoms with Crippen molar-refractivity contribution in [1.29, 1.82) is 0 Å². The van der Waals surface area contributed by atoms with E-state index in [1.165, 1.54) is 0 Å². The minimum atomic E-state index is 0.709. The predicted octanol–water partition coefficient (Wildman–Crippen LogP) is 4.11. The van der Waals surface area contributed by atoms with Crippen molar-refractivity contribution in [3.8, 4) is 11.5 Å². The molecule has 0 saturated carbocycles. The maximum atomic E-state index is 5.83. The summed E-state index contributed by atoms with van der Waals surface area (Å²) in [7, 11) is 3.23. The Morgan fingerprint density at radius 3 is 2.05 bits per heavy atom. The van der Waals surface area contributed by atoms with Gasteiger partial charge in [0, 0.05) is 29.4 Å². The molecule has 0 unspecified atom stereocenters. The molecule has 2 aromatic rings. The lowest BCUT2D eigenvalue weighted by molar-refractivity contribution is 0.394. The third-order valence-electron chi connectivity index (χ3n) is 2.57. The lowest BCUT2D eigenvalue weighted by Crippen LogP contribution is -1.86. The SMILES string of the molecule is COc1cc(N=Cc2ccc(Cl)cc2)cc(OC)c1. The fourth-order valence-corrected chi connectivity index (χ4v) is 1.69. The summed E-state index contributed by atoms with van der Waals surface area (Å²) in [6.07, 6.45) is 1.77. The molecule has 19 heavy (non-hydrogen) atoms. The van der Waals surface area contributed by atoms with E-state index in [9.17, 15) is 0 Å². The van der Waals surface area contributed by atoms with E-state index >= 15 is 0 Å². The lowest BCUT2D eigenvalue weighted by atomic mass is 10.2. The van der Waals surface area contributed by atoms with Crippen LogP contribution in [0.2, 0.25) is 5.02 Å². The summed E-state index contributed by atoms with van der Waals surface area (Å²) in [4.78, 5) is 4.40. The van der Waals surface area contributed by atoms with Crippen LogP contribution in [-0.4, -0.2) is 20.4 Å². The van der Waals surface area contributed by atoms with Crippen molar-refractivity contribution < 1.29 is 9.47 Å². The topological polar surface area (TPSA) is 30.8 Å². The van der Waals surface area contributed by atoms with Crippen molar-refractivity contribution in [3.63, 3.8) is 0 Å². The van der Waals surface area contributed by atoms with Crippen LogP contribution in [0, 0.1) is 0 Å². The maximum Gasteiger partial charge on any atom is 0.124 e. The number of nitrogens with zero attached hydrogens (tertiary/aromatic N) is 1. The zero-order valence-electron chi connectivity index (χ0n) is 10.8. The van der Waals surface area contributed by atoms with Gasteiger partial charge in [-0.25, -0.2) is 0 Å². The second-order valence-electron chi connectivity index (χ2n) is 3.88. The average Bonchev–Trinajstić information content (AvgIpc) is 2.46. The molecule has 98 valence electrons. The molecule has 3 nitrogen and oxygen atoms in total. The molecular weight excluding hydrogens is 262 g/mol. The summed E-state index contributed by atoms with van der Waals surface area (Å²) in [6, 6.07) is 13.0. The van der Waals surface area contributed by atoms with Crippen LogP contribution in [0.4, 0.5) is 5.69 Å². The number of benzene rings is 2. The van der Waals surface area contributed by atoms with Crippen LogP contribution in [0.1, 0.15) is 5.56 Å². The molecule has 0 fully saturated rings. The molecule has 2 rings (SSSR count). The number of ether oxygens (including phenoxy) is 2. The molecule has 0 amide bonds. The zero-order valence-corrected chi connectivity index (χ0v) is 11.5. The first-order chi connectivity index (χ1) is 9.21. The van der Waals surface area contributed by atoms with Gasteiger partial charge in [0.15, 0.2) is 0 Å². The molecule has 0 aromatic heterocycles. The highest BCUT2D eigenvalue weighted by molar-refractivity contribution is 6.30. The van der Waals surface area contributed by atoms with E-state index in [0.29, 0.717) is 16.5 Å². The largest absolute Gasteiger partial charge is 0.497 e. The molecule has 0 aliphatic heterocycles. The number of hydrogen-bond donors (Lipinski definition) is 0. The standard InChI is InChI=1S/C15H14ClNO2/c1-18-14-7-13(8-15(9-14)19-2)17-10-11-3-5-12(16)6-4-11/h3-10H,1-2H3. The molecule has 0 aliphatic rings. The quantitative estimate of drug-likeness (QED) is 0.786. The number of aliphatic imine (C=N–C) groups is 1. The molecule has 0 heterocycles. The molecule has 2 aromatic carbocycles. The summed E-state index contributed by atoms with van der Waals surface area (Å²) in [5, 5.41) is 0.709. The number of hydrogen-bond acceptors (Lipinski definition) is 3. The number of rotatable bonds is 4. The van der Waals surface area contributed by atoms with Crippen molar-refractivity contribution in [2.45, 2.75) is 0 Å². The predicted molar refractivity (Wildman–Crippen MR) is 78.3 cm³/mol. The van der Waals surface area contributed by atoms with E-state index in [0.717, 1.165) is 11.3 Å². The molecule has 0 saturated heterocycles. The first kappa shape index (κ1) is 13.4. The molecule has 0 N–H and O–H groups in total. The molecule has 0 bridgehead atoms. The van der Waals surface area contributed by atoms with E-state index in [2.05, 4.69) is 4.99 Å². The lowest BCUT2D eigenvalue weighted by Gasteiger charge is -2.05. The minimum absolute atomic E-state index is 0.709. The summed E-state index contributed by atoms with van der Waals surface area (Å²) in [5.41, 5.74) is 1.75. The highest BCUT2D eigenvalue weighted by Crippen LogP contribution is 2.27. The summed E-state index contributed by atoms with van der Waals surface area (Å²) < 4.78 is 10.4. The van der Waals surface area contributed by atoms with Crippen molar-refractivity contribution in [1.82, 2.24) is 0 Å². The Labute approximate surface area is 117 Å². The van der Waals surface area contributed by atoms with E-state index in [1.54, 1.807) is 26.5 Å². The molecule has 0 spiro atoms. The molecular formula is C15H14ClNO2. The van der Waals surface area contributed by atoms with E-state index in [4.69, 9.17) is 21.1 Å². The van der Waals surface area contributed by atoms with Crippen molar-refractivity contribution >= 4 is 23.5 Å². The first-order valence-corrected chi connectivity index (χ1v) is 6.12. The Hall–Kier alpha value is -2.00. The van der Waals surface area contributed by atoms with Gasteiger partial charge in [-0.15, -0.1) is 0 Å². The van der Waals surface area contributed by atoms with Gasteiger partial charge in [0.2, 0.25) is 0 Å². The highest BCUT2D eigenvalue weighted by atomic mass is 35.5. The summed E-state index contributed by atoms with van der Waals surface area (Å²) in [6.45, 7) is 0. The first-order valence-electron chi connectivity index (χ1n) is 5.74. The Morgan fingerprint density at radius 2 is 1.53 bits per heavy atom. The molecule has 0 atom stereocenters.